The summed E-state index contributed by atoms with van der Waals surface area (Å²) in [7, 11) is 0. The Morgan fingerprint density at radius 2 is 2.12 bits per heavy atom. The van der Waals surface area contributed by atoms with E-state index >= 15 is 0 Å². The highest BCUT2D eigenvalue weighted by molar-refractivity contribution is 7.09. The third kappa shape index (κ3) is 3.80. The first-order valence-corrected chi connectivity index (χ1v) is 6.88. The lowest BCUT2D eigenvalue weighted by molar-refractivity contribution is 0.576. The van der Waals surface area contributed by atoms with Crippen LogP contribution in [0.1, 0.15) is 23.5 Å². The summed E-state index contributed by atoms with van der Waals surface area (Å²) in [4.78, 5) is 4.26. The van der Waals surface area contributed by atoms with Crippen molar-refractivity contribution >= 4 is 22.9 Å². The first-order valence-electron chi connectivity index (χ1n) is 5.63. The van der Waals surface area contributed by atoms with Crippen LogP contribution in [0.2, 0.25) is 5.02 Å². The Hall–Kier alpha value is -0.900. The fraction of sp³-hybridized carbons (Fsp3) is 0.308. The van der Waals surface area contributed by atoms with Crippen molar-refractivity contribution in [3.05, 3.63) is 51.4 Å². The van der Waals surface area contributed by atoms with Gasteiger partial charge in [-0.1, -0.05) is 23.7 Å². The van der Waals surface area contributed by atoms with Crippen LogP contribution in [0.3, 0.4) is 0 Å². The number of hydrogen-bond donors (Lipinski definition) is 1. The zero-order chi connectivity index (χ0) is 12.1. The van der Waals surface area contributed by atoms with Gasteiger partial charge in [-0.25, -0.2) is 4.98 Å². The summed E-state index contributed by atoms with van der Waals surface area (Å²) >= 11 is 7.56. The molecule has 0 amide bonds. The molecule has 2 rings (SSSR count). The van der Waals surface area contributed by atoms with E-state index in [1.807, 2.05) is 23.7 Å². The molecule has 0 aliphatic heterocycles. The number of rotatable bonds is 5. The van der Waals surface area contributed by atoms with Crippen LogP contribution in [0.15, 0.2) is 35.8 Å². The van der Waals surface area contributed by atoms with E-state index in [0.717, 1.165) is 18.0 Å². The molecule has 2 aromatic rings. The van der Waals surface area contributed by atoms with Gasteiger partial charge in [-0.05, 0) is 24.6 Å². The first-order chi connectivity index (χ1) is 8.25. The topological polar surface area (TPSA) is 24.9 Å². The molecule has 17 heavy (non-hydrogen) atoms. The zero-order valence-corrected chi connectivity index (χ0v) is 11.3. The SMILES string of the molecule is CC(NCCc1nccs1)c1ccc(Cl)cc1. The lowest BCUT2D eigenvalue weighted by Gasteiger charge is -2.13. The lowest BCUT2D eigenvalue weighted by atomic mass is 10.1. The zero-order valence-electron chi connectivity index (χ0n) is 9.69. The first kappa shape index (κ1) is 12.6. The maximum Gasteiger partial charge on any atom is 0.0937 e. The van der Waals surface area contributed by atoms with Gasteiger partial charge in [0.15, 0.2) is 0 Å². The van der Waals surface area contributed by atoms with Crippen LogP contribution < -0.4 is 5.32 Å². The minimum Gasteiger partial charge on any atom is -0.310 e. The number of nitrogens with one attached hydrogen (secondary N) is 1. The molecule has 4 heteroatoms. The van der Waals surface area contributed by atoms with Gasteiger partial charge in [0.05, 0.1) is 5.01 Å². The number of halogens is 1. The van der Waals surface area contributed by atoms with Gasteiger partial charge in [0.25, 0.3) is 0 Å². The van der Waals surface area contributed by atoms with E-state index in [0.29, 0.717) is 6.04 Å². The summed E-state index contributed by atoms with van der Waals surface area (Å²) in [6.07, 6.45) is 2.83. The van der Waals surface area contributed by atoms with Crippen molar-refractivity contribution in [1.82, 2.24) is 10.3 Å². The maximum absolute atomic E-state index is 5.86. The molecule has 0 spiro atoms. The average molecular weight is 267 g/mol. The quantitative estimate of drug-likeness (QED) is 0.893. The predicted molar refractivity (Wildman–Crippen MR) is 73.7 cm³/mol. The predicted octanol–water partition coefficient (Wildman–Crippen LogP) is 3.69. The van der Waals surface area contributed by atoms with Gasteiger partial charge in [0.2, 0.25) is 0 Å². The molecule has 1 aromatic heterocycles. The van der Waals surface area contributed by atoms with Gasteiger partial charge in [0.1, 0.15) is 0 Å². The molecule has 0 aliphatic rings. The second-order valence-electron chi connectivity index (χ2n) is 3.90. The van der Waals surface area contributed by atoms with Crippen LogP contribution in [0.4, 0.5) is 0 Å². The van der Waals surface area contributed by atoms with E-state index in [4.69, 9.17) is 11.6 Å². The summed E-state index contributed by atoms with van der Waals surface area (Å²) in [6.45, 7) is 3.10. The molecule has 0 aliphatic carbocycles. The van der Waals surface area contributed by atoms with Gasteiger partial charge in [0, 0.05) is 35.6 Å². The van der Waals surface area contributed by atoms with Crippen molar-refractivity contribution in [2.45, 2.75) is 19.4 Å². The Labute approximate surface area is 111 Å². The standard InChI is InChI=1S/C13H15ClN2S/c1-10(11-2-4-12(14)5-3-11)15-7-6-13-16-8-9-17-13/h2-5,8-10,15H,6-7H2,1H3. The smallest absolute Gasteiger partial charge is 0.0937 e. The maximum atomic E-state index is 5.86. The Morgan fingerprint density at radius 1 is 1.35 bits per heavy atom. The summed E-state index contributed by atoms with van der Waals surface area (Å²) < 4.78 is 0. The molecule has 1 unspecified atom stereocenters. The van der Waals surface area contributed by atoms with Gasteiger partial charge < -0.3 is 5.32 Å². The molecular weight excluding hydrogens is 252 g/mol. The van der Waals surface area contributed by atoms with E-state index in [1.54, 1.807) is 11.3 Å². The molecule has 0 saturated carbocycles. The molecule has 1 atom stereocenters. The molecule has 0 fully saturated rings. The third-order valence-corrected chi connectivity index (χ3v) is 3.73. The van der Waals surface area contributed by atoms with Crippen molar-refractivity contribution in [2.24, 2.45) is 0 Å². The van der Waals surface area contributed by atoms with Crippen LogP contribution in [-0.2, 0) is 6.42 Å². The highest BCUT2D eigenvalue weighted by Crippen LogP contribution is 2.16. The van der Waals surface area contributed by atoms with Crippen LogP contribution in [0.25, 0.3) is 0 Å². The Morgan fingerprint density at radius 3 is 2.76 bits per heavy atom. The molecular formula is C13H15ClN2S. The van der Waals surface area contributed by atoms with Crippen molar-refractivity contribution in [3.63, 3.8) is 0 Å². The van der Waals surface area contributed by atoms with E-state index < -0.39 is 0 Å². The van der Waals surface area contributed by atoms with Crippen molar-refractivity contribution < 1.29 is 0 Å². The Kier molecular flexibility index (Phi) is 4.54. The molecule has 1 aromatic carbocycles. The molecule has 0 bridgehead atoms. The van der Waals surface area contributed by atoms with Crippen LogP contribution >= 0.6 is 22.9 Å². The second-order valence-corrected chi connectivity index (χ2v) is 5.32. The van der Waals surface area contributed by atoms with E-state index in [2.05, 4.69) is 29.4 Å². The molecule has 1 heterocycles. The fourth-order valence-electron chi connectivity index (χ4n) is 1.64. The summed E-state index contributed by atoms with van der Waals surface area (Å²) in [5.74, 6) is 0. The van der Waals surface area contributed by atoms with Gasteiger partial charge >= 0.3 is 0 Å². The molecule has 0 saturated heterocycles. The Bertz CT molecular complexity index is 439. The Balaban J connectivity index is 1.81. The number of nitrogens with zero attached hydrogens (tertiary/aromatic N) is 1. The number of hydrogen-bond acceptors (Lipinski definition) is 3. The minimum absolute atomic E-state index is 0.340. The summed E-state index contributed by atoms with van der Waals surface area (Å²) in [5.41, 5.74) is 1.26. The second kappa shape index (κ2) is 6.15. The normalized spacial score (nSPS) is 12.6. The van der Waals surface area contributed by atoms with Crippen molar-refractivity contribution in [1.29, 1.82) is 0 Å². The van der Waals surface area contributed by atoms with E-state index in [1.165, 1.54) is 10.6 Å². The fourth-order valence-corrected chi connectivity index (χ4v) is 2.39. The van der Waals surface area contributed by atoms with Crippen LogP contribution in [0.5, 0.6) is 0 Å². The largest absolute Gasteiger partial charge is 0.310 e. The third-order valence-electron chi connectivity index (χ3n) is 2.64. The van der Waals surface area contributed by atoms with E-state index in [9.17, 15) is 0 Å². The van der Waals surface area contributed by atoms with Crippen LogP contribution in [-0.4, -0.2) is 11.5 Å². The molecule has 2 nitrogen and oxygen atoms in total. The lowest BCUT2D eigenvalue weighted by Crippen LogP contribution is -2.21. The highest BCUT2D eigenvalue weighted by atomic mass is 35.5. The molecule has 0 radical (unpaired) electrons. The van der Waals surface area contributed by atoms with Crippen molar-refractivity contribution in [2.75, 3.05) is 6.54 Å². The van der Waals surface area contributed by atoms with Gasteiger partial charge in [-0.3, -0.25) is 0 Å². The minimum atomic E-state index is 0.340. The monoisotopic (exact) mass is 266 g/mol. The average Bonchev–Trinajstić information content (AvgIpc) is 2.83. The number of thiazole rings is 1. The van der Waals surface area contributed by atoms with E-state index in [-0.39, 0.29) is 0 Å². The number of benzene rings is 1. The van der Waals surface area contributed by atoms with Gasteiger partial charge in [-0.2, -0.15) is 0 Å². The molecule has 90 valence electrons. The number of aromatic nitrogens is 1. The summed E-state index contributed by atoms with van der Waals surface area (Å²) in [6, 6.07) is 8.31. The van der Waals surface area contributed by atoms with Gasteiger partial charge in [-0.15, -0.1) is 11.3 Å². The molecule has 1 N–H and O–H groups in total. The highest BCUT2D eigenvalue weighted by Gasteiger charge is 2.04. The van der Waals surface area contributed by atoms with Crippen LogP contribution in [0, 0.1) is 0 Å². The summed E-state index contributed by atoms with van der Waals surface area (Å²) in [5, 5.41) is 7.45. The van der Waals surface area contributed by atoms with Crippen molar-refractivity contribution in [3.8, 4) is 0 Å².